The van der Waals surface area contributed by atoms with Gasteiger partial charge in [0.2, 0.25) is 0 Å². The van der Waals surface area contributed by atoms with Crippen molar-refractivity contribution in [3.63, 3.8) is 0 Å². The van der Waals surface area contributed by atoms with Crippen molar-refractivity contribution in [3.8, 4) is 0 Å². The molecule has 4 heteroatoms. The van der Waals surface area contributed by atoms with Crippen molar-refractivity contribution < 1.29 is 0 Å². The van der Waals surface area contributed by atoms with Crippen molar-refractivity contribution in [1.82, 2.24) is 4.98 Å². The van der Waals surface area contributed by atoms with Gasteiger partial charge in [0, 0.05) is 28.4 Å². The molecule has 0 atom stereocenters. The molecule has 2 aromatic rings. The second-order valence-corrected chi connectivity index (χ2v) is 2.92. The Hall–Kier alpha value is -1.97. The van der Waals surface area contributed by atoms with Gasteiger partial charge < -0.3 is 16.5 Å². The Labute approximate surface area is 75.1 Å². The lowest BCUT2D eigenvalue weighted by atomic mass is 10.1. The van der Waals surface area contributed by atoms with Gasteiger partial charge >= 0.3 is 0 Å². The van der Waals surface area contributed by atoms with Crippen LogP contribution in [0.2, 0.25) is 0 Å². The maximum absolute atomic E-state index is 7.32. The highest BCUT2D eigenvalue weighted by atomic mass is 14.7. The van der Waals surface area contributed by atoms with Crippen molar-refractivity contribution in [2.24, 2.45) is 5.73 Å². The summed E-state index contributed by atoms with van der Waals surface area (Å²) < 4.78 is 0. The van der Waals surface area contributed by atoms with E-state index in [2.05, 4.69) is 4.98 Å². The van der Waals surface area contributed by atoms with Gasteiger partial charge in [-0.25, -0.2) is 0 Å². The number of rotatable bonds is 1. The molecule has 13 heavy (non-hydrogen) atoms. The molecular formula is C9H10N4. The number of nitrogen functional groups attached to an aromatic ring is 2. The van der Waals surface area contributed by atoms with Crippen LogP contribution < -0.4 is 11.5 Å². The van der Waals surface area contributed by atoms with Gasteiger partial charge in [0.15, 0.2) is 0 Å². The second-order valence-electron chi connectivity index (χ2n) is 2.92. The number of anilines is 1. The summed E-state index contributed by atoms with van der Waals surface area (Å²) in [4.78, 5) is 3.02. The molecule has 0 aliphatic carbocycles. The number of aromatic nitrogens is 1. The van der Waals surface area contributed by atoms with Crippen LogP contribution in [0.25, 0.3) is 10.9 Å². The van der Waals surface area contributed by atoms with E-state index >= 15 is 0 Å². The maximum Gasteiger partial charge on any atom is 0.124 e. The van der Waals surface area contributed by atoms with Gasteiger partial charge in [-0.2, -0.15) is 0 Å². The molecular weight excluding hydrogens is 164 g/mol. The molecule has 0 radical (unpaired) electrons. The van der Waals surface area contributed by atoms with Crippen LogP contribution >= 0.6 is 0 Å². The molecule has 0 amide bonds. The van der Waals surface area contributed by atoms with Crippen molar-refractivity contribution in [2.45, 2.75) is 0 Å². The molecule has 0 spiro atoms. The van der Waals surface area contributed by atoms with E-state index in [4.69, 9.17) is 16.9 Å². The van der Waals surface area contributed by atoms with E-state index in [-0.39, 0.29) is 5.84 Å². The van der Waals surface area contributed by atoms with Crippen LogP contribution in [0.15, 0.2) is 24.4 Å². The smallest absolute Gasteiger partial charge is 0.124 e. The van der Waals surface area contributed by atoms with Gasteiger partial charge in [0.05, 0.1) is 0 Å². The fourth-order valence-electron chi connectivity index (χ4n) is 1.36. The summed E-state index contributed by atoms with van der Waals surface area (Å²) in [7, 11) is 0. The van der Waals surface area contributed by atoms with Crippen LogP contribution in [-0.2, 0) is 0 Å². The molecule has 1 aromatic carbocycles. The lowest BCUT2D eigenvalue weighted by Crippen LogP contribution is -2.09. The van der Waals surface area contributed by atoms with Crippen LogP contribution in [0.4, 0.5) is 5.69 Å². The summed E-state index contributed by atoms with van der Waals surface area (Å²) >= 11 is 0. The molecule has 0 bridgehead atoms. The standard InChI is InChI=1S/C9H10N4/c10-5-1-2-8-6(3-5)7(4-13-8)9(11)12/h1-4,13H,10H2,(H3,11,12). The molecule has 0 fully saturated rings. The summed E-state index contributed by atoms with van der Waals surface area (Å²) in [6.07, 6.45) is 1.71. The van der Waals surface area contributed by atoms with E-state index in [1.165, 1.54) is 0 Å². The monoisotopic (exact) mass is 174 g/mol. The Balaban J connectivity index is 2.79. The minimum atomic E-state index is 0.0526. The number of hydrogen-bond acceptors (Lipinski definition) is 2. The Morgan fingerprint density at radius 2 is 2.15 bits per heavy atom. The zero-order valence-electron chi connectivity index (χ0n) is 6.96. The van der Waals surface area contributed by atoms with Gasteiger partial charge in [-0.15, -0.1) is 0 Å². The lowest BCUT2D eigenvalue weighted by molar-refractivity contribution is 1.41. The maximum atomic E-state index is 7.32. The molecule has 0 aliphatic rings. The molecule has 0 saturated heterocycles. The number of fused-ring (bicyclic) bond motifs is 1. The third kappa shape index (κ3) is 1.12. The summed E-state index contributed by atoms with van der Waals surface area (Å²) in [6.45, 7) is 0. The van der Waals surface area contributed by atoms with Crippen molar-refractivity contribution in [3.05, 3.63) is 30.0 Å². The molecule has 1 aromatic heterocycles. The van der Waals surface area contributed by atoms with E-state index in [1.54, 1.807) is 6.20 Å². The van der Waals surface area contributed by atoms with Crippen LogP contribution in [0, 0.1) is 5.41 Å². The molecule has 0 aliphatic heterocycles. The predicted molar refractivity (Wildman–Crippen MR) is 53.7 cm³/mol. The number of nitrogens with two attached hydrogens (primary N) is 2. The van der Waals surface area contributed by atoms with Crippen molar-refractivity contribution >= 4 is 22.4 Å². The average Bonchev–Trinajstić information content (AvgIpc) is 2.46. The minimum absolute atomic E-state index is 0.0526. The molecule has 6 N–H and O–H groups in total. The van der Waals surface area contributed by atoms with Crippen molar-refractivity contribution in [2.75, 3.05) is 5.73 Å². The lowest BCUT2D eigenvalue weighted by Gasteiger charge is -1.96. The van der Waals surface area contributed by atoms with E-state index < -0.39 is 0 Å². The Morgan fingerprint density at radius 3 is 2.85 bits per heavy atom. The fraction of sp³-hybridized carbons (Fsp3) is 0. The number of benzene rings is 1. The first-order valence-corrected chi connectivity index (χ1v) is 3.89. The van der Waals surface area contributed by atoms with E-state index in [9.17, 15) is 0 Å². The molecule has 4 nitrogen and oxygen atoms in total. The third-order valence-corrected chi connectivity index (χ3v) is 2.00. The summed E-state index contributed by atoms with van der Waals surface area (Å²) in [6, 6.07) is 5.49. The number of aromatic amines is 1. The minimum Gasteiger partial charge on any atom is -0.399 e. The van der Waals surface area contributed by atoms with Crippen LogP contribution in [-0.4, -0.2) is 10.8 Å². The van der Waals surface area contributed by atoms with E-state index in [0.29, 0.717) is 11.3 Å². The molecule has 66 valence electrons. The SMILES string of the molecule is N=C(N)c1c[nH]c2ccc(N)cc12. The number of nitrogens with one attached hydrogen (secondary N) is 2. The highest BCUT2D eigenvalue weighted by Crippen LogP contribution is 2.20. The first-order valence-electron chi connectivity index (χ1n) is 3.89. The highest BCUT2D eigenvalue weighted by Gasteiger charge is 2.05. The van der Waals surface area contributed by atoms with Gasteiger partial charge in [-0.1, -0.05) is 0 Å². The average molecular weight is 174 g/mol. The number of amidine groups is 1. The quantitative estimate of drug-likeness (QED) is 0.295. The van der Waals surface area contributed by atoms with Crippen LogP contribution in [0.1, 0.15) is 5.56 Å². The highest BCUT2D eigenvalue weighted by molar-refractivity contribution is 6.07. The zero-order valence-corrected chi connectivity index (χ0v) is 6.96. The second kappa shape index (κ2) is 2.52. The molecule has 0 unspecified atom stereocenters. The van der Waals surface area contributed by atoms with Gasteiger partial charge in [-0.3, -0.25) is 5.41 Å². The Morgan fingerprint density at radius 1 is 1.38 bits per heavy atom. The molecule has 1 heterocycles. The summed E-state index contributed by atoms with van der Waals surface area (Å²) in [5.74, 6) is 0.0526. The Kier molecular flexibility index (Phi) is 1.48. The van der Waals surface area contributed by atoms with Crippen molar-refractivity contribution in [1.29, 1.82) is 5.41 Å². The van der Waals surface area contributed by atoms with Gasteiger partial charge in [-0.05, 0) is 18.2 Å². The van der Waals surface area contributed by atoms with E-state index in [0.717, 1.165) is 10.9 Å². The fourth-order valence-corrected chi connectivity index (χ4v) is 1.36. The van der Waals surface area contributed by atoms with Gasteiger partial charge in [0.25, 0.3) is 0 Å². The summed E-state index contributed by atoms with van der Waals surface area (Å²) in [5.41, 5.74) is 13.3. The zero-order chi connectivity index (χ0) is 9.42. The first kappa shape index (κ1) is 7.67. The predicted octanol–water partition coefficient (Wildman–Crippen LogP) is 1.03. The van der Waals surface area contributed by atoms with Crippen LogP contribution in [0.5, 0.6) is 0 Å². The Bertz CT molecular complexity index is 469. The number of H-pyrrole nitrogens is 1. The van der Waals surface area contributed by atoms with Crippen LogP contribution in [0.3, 0.4) is 0 Å². The topological polar surface area (TPSA) is 91.7 Å². The number of hydrogen-bond donors (Lipinski definition) is 4. The largest absolute Gasteiger partial charge is 0.399 e. The molecule has 2 rings (SSSR count). The summed E-state index contributed by atoms with van der Waals surface area (Å²) in [5, 5.41) is 8.22. The molecule has 0 saturated carbocycles. The normalized spacial score (nSPS) is 10.5. The third-order valence-electron chi connectivity index (χ3n) is 2.00. The van der Waals surface area contributed by atoms with E-state index in [1.807, 2.05) is 18.2 Å². The van der Waals surface area contributed by atoms with Gasteiger partial charge in [0.1, 0.15) is 5.84 Å². The first-order chi connectivity index (χ1) is 6.18.